The van der Waals surface area contributed by atoms with E-state index in [-0.39, 0.29) is 24.0 Å². The zero-order chi connectivity index (χ0) is 17.9. The molecule has 0 spiro atoms. The number of hydrogen-bond acceptors (Lipinski definition) is 3. The first-order valence-corrected chi connectivity index (χ1v) is 9.73. The quantitative estimate of drug-likeness (QED) is 0.393. The van der Waals surface area contributed by atoms with Crippen LogP contribution in [0.2, 0.25) is 0 Å². The maximum Gasteiger partial charge on any atom is 0.191 e. The summed E-state index contributed by atoms with van der Waals surface area (Å²) in [5, 5.41) is 11.5. The van der Waals surface area contributed by atoms with Gasteiger partial charge in [-0.3, -0.25) is 4.99 Å². The molecule has 6 nitrogen and oxygen atoms in total. The lowest BCUT2D eigenvalue weighted by Crippen LogP contribution is -2.47. The van der Waals surface area contributed by atoms with Gasteiger partial charge in [0, 0.05) is 25.6 Å². The van der Waals surface area contributed by atoms with E-state index in [4.69, 9.17) is 4.99 Å². The monoisotopic (exact) mass is 480 g/mol. The van der Waals surface area contributed by atoms with Gasteiger partial charge < -0.3 is 10.6 Å². The third-order valence-corrected chi connectivity index (χ3v) is 5.28. The predicted octanol–water partition coefficient (Wildman–Crippen LogP) is 2.88. The van der Waals surface area contributed by atoms with E-state index in [2.05, 4.69) is 58.0 Å². The van der Waals surface area contributed by atoms with Gasteiger partial charge in [0.1, 0.15) is 11.6 Å². The molecule has 3 unspecified atom stereocenters. The van der Waals surface area contributed by atoms with Gasteiger partial charge in [-0.1, -0.05) is 30.3 Å². The van der Waals surface area contributed by atoms with Crippen molar-refractivity contribution in [1.29, 1.82) is 0 Å². The van der Waals surface area contributed by atoms with Crippen molar-refractivity contribution in [2.24, 2.45) is 10.9 Å². The Morgan fingerprint density at radius 1 is 1.30 bits per heavy atom. The summed E-state index contributed by atoms with van der Waals surface area (Å²) in [4.78, 5) is 9.34. The molecule has 0 saturated heterocycles. The highest BCUT2D eigenvalue weighted by molar-refractivity contribution is 14.0. The number of nitrogens with zero attached hydrogens (tertiary/aromatic N) is 4. The smallest absolute Gasteiger partial charge is 0.191 e. The average molecular weight is 480 g/mol. The van der Waals surface area contributed by atoms with Crippen LogP contribution in [0.4, 0.5) is 0 Å². The highest BCUT2D eigenvalue weighted by Crippen LogP contribution is 2.47. The van der Waals surface area contributed by atoms with Crippen LogP contribution in [-0.4, -0.2) is 39.9 Å². The molecule has 3 atom stereocenters. The maximum absolute atomic E-state index is 4.86. The second-order valence-electron chi connectivity index (χ2n) is 7.37. The fourth-order valence-electron chi connectivity index (χ4n) is 3.83. The van der Waals surface area contributed by atoms with Gasteiger partial charge in [-0.25, -0.2) is 9.67 Å². The topological polar surface area (TPSA) is 67.1 Å². The minimum Gasteiger partial charge on any atom is -0.357 e. The molecule has 146 valence electrons. The summed E-state index contributed by atoms with van der Waals surface area (Å²) in [7, 11) is 0. The molecule has 2 aromatic rings. The third kappa shape index (κ3) is 5.00. The number of aromatic nitrogens is 3. The Bertz CT molecular complexity index is 772. The largest absolute Gasteiger partial charge is 0.357 e. The number of halogens is 1. The molecule has 2 heterocycles. The second kappa shape index (κ2) is 9.03. The molecular weight excluding hydrogens is 451 g/mol. The van der Waals surface area contributed by atoms with Crippen LogP contribution in [0.1, 0.15) is 42.9 Å². The molecule has 1 aliphatic heterocycles. The Hall–Kier alpha value is -1.64. The van der Waals surface area contributed by atoms with Crippen molar-refractivity contribution in [3.63, 3.8) is 0 Å². The Balaban J connectivity index is 0.00000210. The molecule has 1 aliphatic carbocycles. The number of guanidine groups is 1. The lowest BCUT2D eigenvalue weighted by molar-refractivity contribution is 0.392. The Kier molecular flexibility index (Phi) is 6.73. The van der Waals surface area contributed by atoms with Crippen molar-refractivity contribution < 1.29 is 0 Å². The molecule has 2 N–H and O–H groups in total. The highest BCUT2D eigenvalue weighted by atomic mass is 127. The number of aliphatic imine (C=N–C) groups is 1. The first-order chi connectivity index (χ1) is 12.7. The van der Waals surface area contributed by atoms with Crippen LogP contribution in [0, 0.1) is 12.8 Å². The summed E-state index contributed by atoms with van der Waals surface area (Å²) in [5.74, 6) is 4.24. The molecule has 0 radical (unpaired) electrons. The molecule has 4 rings (SSSR count). The van der Waals surface area contributed by atoms with Gasteiger partial charge in [-0.15, -0.1) is 24.0 Å². The van der Waals surface area contributed by atoms with Crippen LogP contribution in [0.3, 0.4) is 0 Å². The predicted molar refractivity (Wildman–Crippen MR) is 119 cm³/mol. The number of nitrogens with one attached hydrogen (secondary N) is 2. The van der Waals surface area contributed by atoms with E-state index in [0.29, 0.717) is 17.9 Å². The van der Waals surface area contributed by atoms with E-state index in [0.717, 1.165) is 50.1 Å². The van der Waals surface area contributed by atoms with Crippen molar-refractivity contribution in [3.8, 4) is 0 Å². The van der Waals surface area contributed by atoms with Crippen molar-refractivity contribution >= 4 is 29.9 Å². The molecule has 1 saturated carbocycles. The summed E-state index contributed by atoms with van der Waals surface area (Å²) in [5.41, 5.74) is 1.45. The lowest BCUT2D eigenvalue weighted by Gasteiger charge is -2.25. The fraction of sp³-hybridized carbons (Fsp3) is 0.550. The van der Waals surface area contributed by atoms with Crippen LogP contribution in [-0.2, 0) is 13.0 Å². The molecule has 1 fully saturated rings. The van der Waals surface area contributed by atoms with Crippen molar-refractivity contribution in [2.75, 3.05) is 13.1 Å². The van der Waals surface area contributed by atoms with Crippen LogP contribution in [0.25, 0.3) is 0 Å². The van der Waals surface area contributed by atoms with Gasteiger partial charge >= 0.3 is 0 Å². The van der Waals surface area contributed by atoms with Gasteiger partial charge in [0.05, 0.1) is 6.54 Å². The van der Waals surface area contributed by atoms with Crippen molar-refractivity contribution in [2.45, 2.75) is 51.6 Å². The van der Waals surface area contributed by atoms with E-state index in [1.165, 1.54) is 12.0 Å². The minimum atomic E-state index is 0. The van der Waals surface area contributed by atoms with Crippen molar-refractivity contribution in [1.82, 2.24) is 25.4 Å². The summed E-state index contributed by atoms with van der Waals surface area (Å²) in [6.45, 7) is 6.68. The molecule has 27 heavy (non-hydrogen) atoms. The molecule has 1 aromatic heterocycles. The standard InChI is InChI=1S/C20H28N6.HI/c1-3-21-20(22-12-16-11-18(16)15-7-5-4-6-8-15)24-17-9-10-19-23-14(2)25-26(19)13-17;/h4-8,16-18H,3,9-13H2,1-2H3,(H2,21,22,24);1H. The summed E-state index contributed by atoms with van der Waals surface area (Å²) in [6.07, 6.45) is 3.28. The molecular formula is C20H29IN6. The number of hydrogen-bond donors (Lipinski definition) is 2. The van der Waals surface area contributed by atoms with Gasteiger partial charge in [0.2, 0.25) is 0 Å². The van der Waals surface area contributed by atoms with Gasteiger partial charge in [0.15, 0.2) is 5.96 Å². The number of fused-ring (bicyclic) bond motifs is 1. The van der Waals surface area contributed by atoms with Crippen LogP contribution >= 0.6 is 24.0 Å². The number of rotatable bonds is 5. The Labute approximate surface area is 178 Å². The normalized spacial score (nSPS) is 23.9. The van der Waals surface area contributed by atoms with Crippen LogP contribution < -0.4 is 10.6 Å². The summed E-state index contributed by atoms with van der Waals surface area (Å²) < 4.78 is 2.03. The summed E-state index contributed by atoms with van der Waals surface area (Å²) >= 11 is 0. The maximum atomic E-state index is 4.86. The zero-order valence-electron chi connectivity index (χ0n) is 16.1. The van der Waals surface area contributed by atoms with Crippen LogP contribution in [0.15, 0.2) is 35.3 Å². The van der Waals surface area contributed by atoms with Crippen LogP contribution in [0.5, 0.6) is 0 Å². The number of benzene rings is 1. The Morgan fingerprint density at radius 2 is 2.11 bits per heavy atom. The van der Waals surface area contributed by atoms with E-state index >= 15 is 0 Å². The van der Waals surface area contributed by atoms with E-state index < -0.39 is 0 Å². The Morgan fingerprint density at radius 3 is 2.89 bits per heavy atom. The fourth-order valence-corrected chi connectivity index (χ4v) is 3.83. The molecule has 2 aliphatic rings. The molecule has 1 aromatic carbocycles. The van der Waals surface area contributed by atoms with E-state index in [1.54, 1.807) is 0 Å². The minimum absolute atomic E-state index is 0. The second-order valence-corrected chi connectivity index (χ2v) is 7.37. The summed E-state index contributed by atoms with van der Waals surface area (Å²) in [6, 6.07) is 11.2. The molecule has 0 amide bonds. The first kappa shape index (κ1) is 20.1. The zero-order valence-corrected chi connectivity index (χ0v) is 18.4. The van der Waals surface area contributed by atoms with Gasteiger partial charge in [0.25, 0.3) is 0 Å². The van der Waals surface area contributed by atoms with E-state index in [9.17, 15) is 0 Å². The molecule has 0 bridgehead atoms. The first-order valence-electron chi connectivity index (χ1n) is 9.73. The van der Waals surface area contributed by atoms with Crippen molar-refractivity contribution in [3.05, 3.63) is 47.5 Å². The van der Waals surface area contributed by atoms with E-state index in [1.807, 2.05) is 11.6 Å². The average Bonchev–Trinajstić information content (AvgIpc) is 3.33. The van der Waals surface area contributed by atoms with Gasteiger partial charge in [-0.05, 0) is 44.1 Å². The third-order valence-electron chi connectivity index (χ3n) is 5.28. The molecule has 7 heteroatoms. The number of aryl methyl sites for hydroxylation is 2. The lowest BCUT2D eigenvalue weighted by atomic mass is 10.1. The highest BCUT2D eigenvalue weighted by Gasteiger charge is 2.37. The SMILES string of the molecule is CCNC(=NCC1CC1c1ccccc1)NC1CCc2nc(C)nn2C1.I. The van der Waals surface area contributed by atoms with Gasteiger partial charge in [-0.2, -0.15) is 5.10 Å².